The molecule has 0 unspecified atom stereocenters. The molecule has 1 aliphatic carbocycles. The number of benzene rings is 1. The van der Waals surface area contributed by atoms with Crippen LogP contribution in [0.2, 0.25) is 0 Å². The average Bonchev–Trinajstić information content (AvgIpc) is 2.49. The van der Waals surface area contributed by atoms with Gasteiger partial charge in [-0.25, -0.2) is 4.99 Å². The Morgan fingerprint density at radius 1 is 1.36 bits per heavy atom. The summed E-state index contributed by atoms with van der Waals surface area (Å²) < 4.78 is 0. The second-order valence-corrected chi connectivity index (χ2v) is 5.84. The van der Waals surface area contributed by atoms with Crippen LogP contribution < -0.4 is 16.4 Å². The van der Waals surface area contributed by atoms with Gasteiger partial charge in [-0.15, -0.1) is 0 Å². The van der Waals surface area contributed by atoms with Crippen LogP contribution in [-0.2, 0) is 6.54 Å². The van der Waals surface area contributed by atoms with Crippen LogP contribution >= 0.6 is 0 Å². The Labute approximate surface area is 132 Å². The summed E-state index contributed by atoms with van der Waals surface area (Å²) in [6.45, 7) is 4.12. The minimum absolute atomic E-state index is 0.0382. The molecule has 4 N–H and O–H groups in total. The van der Waals surface area contributed by atoms with Crippen molar-refractivity contribution >= 4 is 11.9 Å². The van der Waals surface area contributed by atoms with Crippen LogP contribution in [0.15, 0.2) is 29.3 Å². The lowest BCUT2D eigenvalue weighted by molar-refractivity contribution is 0.0953. The third-order valence-electron chi connectivity index (χ3n) is 3.95. The van der Waals surface area contributed by atoms with Crippen molar-refractivity contribution in [3.63, 3.8) is 0 Å². The molecule has 1 saturated carbocycles. The van der Waals surface area contributed by atoms with Gasteiger partial charge in [-0.1, -0.05) is 25.5 Å². The lowest BCUT2D eigenvalue weighted by Crippen LogP contribution is -2.37. The van der Waals surface area contributed by atoms with Crippen molar-refractivity contribution < 1.29 is 4.79 Å². The fourth-order valence-electron chi connectivity index (χ4n) is 2.33. The van der Waals surface area contributed by atoms with Crippen LogP contribution in [0, 0.1) is 5.92 Å². The minimum Gasteiger partial charge on any atom is -0.370 e. The average molecular weight is 302 g/mol. The van der Waals surface area contributed by atoms with Crippen LogP contribution in [0.5, 0.6) is 0 Å². The maximum Gasteiger partial charge on any atom is 0.251 e. The van der Waals surface area contributed by atoms with Crippen LogP contribution in [0.3, 0.4) is 0 Å². The molecule has 0 saturated heterocycles. The molecule has 2 rings (SSSR count). The molecule has 0 heterocycles. The Morgan fingerprint density at radius 2 is 2.18 bits per heavy atom. The van der Waals surface area contributed by atoms with E-state index < -0.39 is 0 Å². The van der Waals surface area contributed by atoms with E-state index in [0.29, 0.717) is 24.6 Å². The first-order valence-corrected chi connectivity index (χ1v) is 8.10. The summed E-state index contributed by atoms with van der Waals surface area (Å²) in [6, 6.07) is 7.52. The molecule has 5 heteroatoms. The number of nitrogens with zero attached hydrogens (tertiary/aromatic N) is 1. The van der Waals surface area contributed by atoms with Crippen LogP contribution in [0.4, 0.5) is 0 Å². The summed E-state index contributed by atoms with van der Waals surface area (Å²) >= 11 is 0. The largest absolute Gasteiger partial charge is 0.370 e. The molecule has 0 spiro atoms. The molecular weight excluding hydrogens is 276 g/mol. The first-order chi connectivity index (χ1) is 10.7. The molecule has 22 heavy (non-hydrogen) atoms. The van der Waals surface area contributed by atoms with Crippen LogP contribution in [0.1, 0.15) is 48.5 Å². The highest BCUT2D eigenvalue weighted by atomic mass is 16.1. The number of carbonyl (C=O) groups is 1. The molecule has 1 aliphatic rings. The zero-order valence-electron chi connectivity index (χ0n) is 13.3. The summed E-state index contributed by atoms with van der Waals surface area (Å²) in [4.78, 5) is 16.3. The molecular formula is C17H26N4O. The SMILES string of the molecule is CCCNC(=O)c1cccc(CN=C(N)NCC2CCC2)c1. The first-order valence-electron chi connectivity index (χ1n) is 8.10. The Bertz CT molecular complexity index is 523. The monoisotopic (exact) mass is 302 g/mol. The highest BCUT2D eigenvalue weighted by Gasteiger charge is 2.16. The van der Waals surface area contributed by atoms with Crippen molar-refractivity contribution in [2.75, 3.05) is 13.1 Å². The predicted molar refractivity (Wildman–Crippen MR) is 89.7 cm³/mol. The fraction of sp³-hybridized carbons (Fsp3) is 0.529. The standard InChI is InChI=1S/C17H26N4O/c1-2-9-19-16(22)15-8-4-7-14(10-15)12-21-17(18)20-11-13-5-3-6-13/h4,7-8,10,13H,2-3,5-6,9,11-12H2,1H3,(H,19,22)(H3,18,20,21). The van der Waals surface area contributed by atoms with Crippen molar-refractivity contribution in [2.45, 2.75) is 39.2 Å². The number of nitrogens with one attached hydrogen (secondary N) is 2. The van der Waals surface area contributed by atoms with Gasteiger partial charge in [0.05, 0.1) is 6.54 Å². The van der Waals surface area contributed by atoms with E-state index in [-0.39, 0.29) is 5.91 Å². The number of guanidine groups is 1. The summed E-state index contributed by atoms with van der Waals surface area (Å²) in [7, 11) is 0. The summed E-state index contributed by atoms with van der Waals surface area (Å²) in [5.41, 5.74) is 7.52. The van der Waals surface area contributed by atoms with Crippen LogP contribution in [-0.4, -0.2) is 25.0 Å². The molecule has 0 radical (unpaired) electrons. The molecule has 0 aromatic heterocycles. The number of hydrogen-bond acceptors (Lipinski definition) is 2. The molecule has 0 atom stereocenters. The quantitative estimate of drug-likeness (QED) is 0.532. The van der Waals surface area contributed by atoms with Gasteiger partial charge in [-0.3, -0.25) is 4.79 Å². The van der Waals surface area contributed by atoms with E-state index >= 15 is 0 Å². The molecule has 0 bridgehead atoms. The third kappa shape index (κ3) is 5.06. The van der Waals surface area contributed by atoms with Gasteiger partial charge in [0.1, 0.15) is 0 Å². The number of amides is 1. The Balaban J connectivity index is 1.84. The zero-order valence-corrected chi connectivity index (χ0v) is 13.3. The second-order valence-electron chi connectivity index (χ2n) is 5.84. The van der Waals surface area contributed by atoms with Gasteiger partial charge in [0.25, 0.3) is 5.91 Å². The maximum absolute atomic E-state index is 11.9. The molecule has 1 aromatic carbocycles. The summed E-state index contributed by atoms with van der Waals surface area (Å²) in [5, 5.41) is 6.04. The highest BCUT2D eigenvalue weighted by molar-refractivity contribution is 5.94. The number of aliphatic imine (C=N–C) groups is 1. The van der Waals surface area contributed by atoms with Gasteiger partial charge < -0.3 is 16.4 Å². The van der Waals surface area contributed by atoms with Crippen molar-refractivity contribution in [1.29, 1.82) is 0 Å². The Morgan fingerprint density at radius 3 is 2.86 bits per heavy atom. The Hall–Kier alpha value is -2.04. The molecule has 1 fully saturated rings. The predicted octanol–water partition coefficient (Wildman–Crippen LogP) is 2.03. The highest BCUT2D eigenvalue weighted by Crippen LogP contribution is 2.24. The van der Waals surface area contributed by atoms with E-state index in [2.05, 4.69) is 15.6 Å². The van der Waals surface area contributed by atoms with E-state index in [4.69, 9.17) is 5.73 Å². The molecule has 5 nitrogen and oxygen atoms in total. The minimum atomic E-state index is -0.0382. The Kier molecular flexibility index (Phi) is 6.25. The molecule has 1 aromatic rings. The first kappa shape index (κ1) is 16.3. The fourth-order valence-corrected chi connectivity index (χ4v) is 2.33. The van der Waals surface area contributed by atoms with Crippen molar-refractivity contribution in [2.24, 2.45) is 16.6 Å². The second kappa shape index (κ2) is 8.41. The topological polar surface area (TPSA) is 79.5 Å². The van der Waals surface area contributed by atoms with Gasteiger partial charge in [0.2, 0.25) is 0 Å². The van der Waals surface area contributed by atoms with Gasteiger partial charge >= 0.3 is 0 Å². The van der Waals surface area contributed by atoms with E-state index in [1.807, 2.05) is 31.2 Å². The smallest absolute Gasteiger partial charge is 0.251 e. The van der Waals surface area contributed by atoms with Crippen LogP contribution in [0.25, 0.3) is 0 Å². The lowest BCUT2D eigenvalue weighted by atomic mass is 9.85. The maximum atomic E-state index is 11.9. The summed E-state index contributed by atoms with van der Waals surface area (Å²) in [6.07, 6.45) is 4.83. The van der Waals surface area contributed by atoms with Gasteiger partial charge in [0, 0.05) is 18.7 Å². The zero-order chi connectivity index (χ0) is 15.8. The number of nitrogens with two attached hydrogens (primary N) is 1. The lowest BCUT2D eigenvalue weighted by Gasteiger charge is -2.25. The normalized spacial score (nSPS) is 15.2. The van der Waals surface area contributed by atoms with Crippen molar-refractivity contribution in [3.8, 4) is 0 Å². The van der Waals surface area contributed by atoms with Crippen molar-refractivity contribution in [1.82, 2.24) is 10.6 Å². The third-order valence-corrected chi connectivity index (χ3v) is 3.95. The molecule has 1 amide bonds. The number of rotatable bonds is 7. The van der Waals surface area contributed by atoms with Gasteiger partial charge in [0.15, 0.2) is 5.96 Å². The number of carbonyl (C=O) groups excluding carboxylic acids is 1. The molecule has 0 aliphatic heterocycles. The van der Waals surface area contributed by atoms with E-state index in [1.165, 1.54) is 19.3 Å². The van der Waals surface area contributed by atoms with Gasteiger partial charge in [-0.05, 0) is 42.9 Å². The molecule has 120 valence electrons. The van der Waals surface area contributed by atoms with Crippen molar-refractivity contribution in [3.05, 3.63) is 35.4 Å². The van der Waals surface area contributed by atoms with E-state index in [9.17, 15) is 4.79 Å². The summed E-state index contributed by atoms with van der Waals surface area (Å²) in [5.74, 6) is 1.19. The van der Waals surface area contributed by atoms with E-state index in [0.717, 1.165) is 24.4 Å². The van der Waals surface area contributed by atoms with E-state index in [1.54, 1.807) is 0 Å². The number of hydrogen-bond donors (Lipinski definition) is 3. The van der Waals surface area contributed by atoms with Gasteiger partial charge in [-0.2, -0.15) is 0 Å².